The maximum Gasteiger partial charge on any atom is 0.0762 e. The molecule has 0 radical (unpaired) electrons. The average molecular weight is 296 g/mol. The molecule has 0 aliphatic carbocycles. The van der Waals surface area contributed by atoms with E-state index in [1.807, 2.05) is 0 Å². The zero-order chi connectivity index (χ0) is 14.2. The molecular formula is C15H28N4S. The van der Waals surface area contributed by atoms with E-state index in [4.69, 9.17) is 0 Å². The van der Waals surface area contributed by atoms with Crippen LogP contribution in [0.5, 0.6) is 0 Å². The van der Waals surface area contributed by atoms with Crippen molar-refractivity contribution in [3.05, 3.63) is 18.0 Å². The van der Waals surface area contributed by atoms with Gasteiger partial charge in [-0.1, -0.05) is 13.8 Å². The van der Waals surface area contributed by atoms with Crippen LogP contribution >= 0.6 is 11.8 Å². The second-order valence-electron chi connectivity index (χ2n) is 5.39. The fraction of sp³-hybridized carbons (Fsp3) is 0.800. The lowest BCUT2D eigenvalue weighted by atomic mass is 10.2. The van der Waals surface area contributed by atoms with Crippen LogP contribution in [0.2, 0.25) is 0 Å². The fourth-order valence-electron chi connectivity index (χ4n) is 2.62. The number of thioether (sulfide) groups is 1. The van der Waals surface area contributed by atoms with Crippen molar-refractivity contribution in [3.8, 4) is 0 Å². The van der Waals surface area contributed by atoms with E-state index in [0.29, 0.717) is 6.04 Å². The van der Waals surface area contributed by atoms with Gasteiger partial charge in [0.25, 0.3) is 0 Å². The third-order valence-electron chi connectivity index (χ3n) is 3.99. The molecule has 5 heteroatoms. The summed E-state index contributed by atoms with van der Waals surface area (Å²) in [5.41, 5.74) is 1.16. The minimum Gasteiger partial charge on any atom is -0.310 e. The summed E-state index contributed by atoms with van der Waals surface area (Å²) in [6.07, 6.45) is 4.42. The summed E-state index contributed by atoms with van der Waals surface area (Å²) >= 11 is 2.07. The van der Waals surface area contributed by atoms with Gasteiger partial charge in [0, 0.05) is 50.4 Å². The van der Waals surface area contributed by atoms with Crippen LogP contribution in [-0.2, 0) is 6.54 Å². The molecule has 114 valence electrons. The van der Waals surface area contributed by atoms with Gasteiger partial charge in [-0.2, -0.15) is 16.9 Å². The molecule has 20 heavy (non-hydrogen) atoms. The second-order valence-corrected chi connectivity index (χ2v) is 6.61. The van der Waals surface area contributed by atoms with Crippen molar-refractivity contribution in [1.29, 1.82) is 0 Å². The minimum absolute atomic E-state index is 0.551. The van der Waals surface area contributed by atoms with Crippen LogP contribution < -0.4 is 5.32 Å². The molecule has 1 saturated heterocycles. The number of aromatic nitrogens is 2. The Morgan fingerprint density at radius 3 is 2.75 bits per heavy atom. The van der Waals surface area contributed by atoms with E-state index < -0.39 is 0 Å². The Balaban J connectivity index is 1.66. The fourth-order valence-corrected chi connectivity index (χ4v) is 3.59. The van der Waals surface area contributed by atoms with Crippen molar-refractivity contribution in [3.63, 3.8) is 0 Å². The average Bonchev–Trinajstić information content (AvgIpc) is 2.95. The normalized spacial score (nSPS) is 16.9. The number of hydrogen-bond acceptors (Lipinski definition) is 4. The molecule has 1 N–H and O–H groups in total. The molecule has 2 rings (SSSR count). The molecule has 1 aliphatic rings. The molecule has 1 aromatic rings. The first-order valence-corrected chi connectivity index (χ1v) is 9.03. The Bertz CT molecular complexity index is 370. The van der Waals surface area contributed by atoms with Gasteiger partial charge >= 0.3 is 0 Å². The van der Waals surface area contributed by atoms with Gasteiger partial charge in [0.05, 0.1) is 11.7 Å². The van der Waals surface area contributed by atoms with Crippen LogP contribution in [0, 0.1) is 0 Å². The highest BCUT2D eigenvalue weighted by molar-refractivity contribution is 7.99. The summed E-state index contributed by atoms with van der Waals surface area (Å²) in [6, 6.07) is 2.69. The summed E-state index contributed by atoms with van der Waals surface area (Å²) in [7, 11) is 0. The predicted octanol–water partition coefficient (Wildman–Crippen LogP) is 2.38. The number of nitrogens with one attached hydrogen (secondary N) is 1. The van der Waals surface area contributed by atoms with Gasteiger partial charge in [-0.25, -0.2) is 0 Å². The smallest absolute Gasteiger partial charge is 0.0762 e. The summed E-state index contributed by atoms with van der Waals surface area (Å²) < 4.78 is 2.12. The van der Waals surface area contributed by atoms with E-state index in [0.717, 1.165) is 38.2 Å². The van der Waals surface area contributed by atoms with Crippen LogP contribution in [0.1, 0.15) is 38.4 Å². The van der Waals surface area contributed by atoms with E-state index in [1.54, 1.807) is 0 Å². The van der Waals surface area contributed by atoms with Crippen molar-refractivity contribution in [1.82, 2.24) is 20.0 Å². The summed E-state index contributed by atoms with van der Waals surface area (Å²) in [5.74, 6) is 2.58. The minimum atomic E-state index is 0.551. The van der Waals surface area contributed by atoms with Crippen molar-refractivity contribution in [2.24, 2.45) is 0 Å². The summed E-state index contributed by atoms with van der Waals surface area (Å²) in [5, 5.41) is 8.19. The zero-order valence-corrected chi connectivity index (χ0v) is 13.7. The van der Waals surface area contributed by atoms with E-state index >= 15 is 0 Å². The van der Waals surface area contributed by atoms with Crippen LogP contribution in [-0.4, -0.2) is 52.4 Å². The Hall–Kier alpha value is -0.520. The molecule has 1 aliphatic heterocycles. The SMILES string of the molecule is CCC(CC)n1ccc(CNCCN2CCSCC2)n1. The first kappa shape index (κ1) is 15.9. The van der Waals surface area contributed by atoms with E-state index in [-0.39, 0.29) is 0 Å². The number of hydrogen-bond donors (Lipinski definition) is 1. The topological polar surface area (TPSA) is 33.1 Å². The standard InChI is InChI=1S/C15H28N4S/c1-3-15(4-2)19-7-5-14(17-19)13-16-6-8-18-9-11-20-12-10-18/h5,7,15-16H,3-4,6,8-13H2,1-2H3. The zero-order valence-electron chi connectivity index (χ0n) is 12.8. The Kier molecular flexibility index (Phi) is 6.90. The van der Waals surface area contributed by atoms with Crippen molar-refractivity contribution in [2.75, 3.05) is 37.7 Å². The molecular weight excluding hydrogens is 268 g/mol. The predicted molar refractivity (Wildman–Crippen MR) is 87.3 cm³/mol. The van der Waals surface area contributed by atoms with Gasteiger partial charge in [-0.3, -0.25) is 4.68 Å². The van der Waals surface area contributed by atoms with Crippen molar-refractivity contribution < 1.29 is 0 Å². The first-order chi connectivity index (χ1) is 9.83. The van der Waals surface area contributed by atoms with Crippen LogP contribution in [0.15, 0.2) is 12.3 Å². The lowest BCUT2D eigenvalue weighted by Gasteiger charge is -2.25. The van der Waals surface area contributed by atoms with Gasteiger partial charge < -0.3 is 10.2 Å². The van der Waals surface area contributed by atoms with Crippen LogP contribution in [0.4, 0.5) is 0 Å². The largest absolute Gasteiger partial charge is 0.310 e. The Morgan fingerprint density at radius 1 is 1.30 bits per heavy atom. The van der Waals surface area contributed by atoms with Gasteiger partial charge in [0.1, 0.15) is 0 Å². The van der Waals surface area contributed by atoms with Gasteiger partial charge in [-0.05, 0) is 18.9 Å². The molecule has 0 saturated carbocycles. The molecule has 0 aromatic carbocycles. The van der Waals surface area contributed by atoms with E-state index in [2.05, 4.69) is 57.9 Å². The molecule has 1 fully saturated rings. The third kappa shape index (κ3) is 4.79. The summed E-state index contributed by atoms with van der Waals surface area (Å²) in [4.78, 5) is 2.55. The van der Waals surface area contributed by atoms with Crippen LogP contribution in [0.3, 0.4) is 0 Å². The molecule has 0 atom stereocenters. The first-order valence-electron chi connectivity index (χ1n) is 7.88. The maximum absolute atomic E-state index is 4.67. The maximum atomic E-state index is 4.67. The van der Waals surface area contributed by atoms with Crippen molar-refractivity contribution >= 4 is 11.8 Å². The highest BCUT2D eigenvalue weighted by Gasteiger charge is 2.10. The summed E-state index contributed by atoms with van der Waals surface area (Å²) in [6.45, 7) is 10.0. The molecule has 1 aromatic heterocycles. The molecule has 2 heterocycles. The van der Waals surface area contributed by atoms with Gasteiger partial charge in [0.2, 0.25) is 0 Å². The third-order valence-corrected chi connectivity index (χ3v) is 4.94. The molecule has 0 amide bonds. The highest BCUT2D eigenvalue weighted by Crippen LogP contribution is 2.14. The van der Waals surface area contributed by atoms with Crippen molar-refractivity contribution in [2.45, 2.75) is 39.3 Å². The highest BCUT2D eigenvalue weighted by atomic mass is 32.2. The van der Waals surface area contributed by atoms with E-state index in [9.17, 15) is 0 Å². The van der Waals surface area contributed by atoms with Gasteiger partial charge in [-0.15, -0.1) is 0 Å². The lowest BCUT2D eigenvalue weighted by Crippen LogP contribution is -2.37. The number of nitrogens with zero attached hydrogens (tertiary/aromatic N) is 3. The Morgan fingerprint density at radius 2 is 2.05 bits per heavy atom. The molecule has 0 unspecified atom stereocenters. The molecule has 4 nitrogen and oxygen atoms in total. The van der Waals surface area contributed by atoms with Crippen LogP contribution in [0.25, 0.3) is 0 Å². The molecule has 0 bridgehead atoms. The quantitative estimate of drug-likeness (QED) is 0.747. The monoisotopic (exact) mass is 296 g/mol. The van der Waals surface area contributed by atoms with Gasteiger partial charge in [0.15, 0.2) is 0 Å². The lowest BCUT2D eigenvalue weighted by molar-refractivity contribution is 0.300. The van der Waals surface area contributed by atoms with E-state index in [1.165, 1.54) is 24.6 Å². The number of rotatable bonds is 8. The second kappa shape index (κ2) is 8.70. The molecule has 0 spiro atoms. The Labute approximate surface area is 127 Å².